The van der Waals surface area contributed by atoms with Crippen molar-refractivity contribution in [2.75, 3.05) is 38.0 Å². The Morgan fingerprint density at radius 3 is 1.71 bits per heavy atom. The Bertz CT molecular complexity index is 1030. The SMILES string of the molecule is [CH2-]c1ccccc1N(C)C.[CH2-]c1ccccc1N(C)C.[Sc+3].c1ccc2c(c1)CC1=C2CCC[CH-]1. The van der Waals surface area contributed by atoms with Gasteiger partial charge in [-0.15, -0.1) is 24.1 Å². The van der Waals surface area contributed by atoms with Crippen LogP contribution in [0.2, 0.25) is 0 Å². The maximum absolute atomic E-state index is 3.90. The molecule has 2 nitrogen and oxygen atoms in total. The van der Waals surface area contributed by atoms with Crippen LogP contribution in [0.5, 0.6) is 0 Å². The molecule has 5 rings (SSSR count). The molecule has 0 amide bonds. The molecule has 3 aromatic carbocycles. The largest absolute Gasteiger partial charge is 3.00 e. The average molecular weight is 483 g/mol. The van der Waals surface area contributed by atoms with Gasteiger partial charge < -0.3 is 9.80 Å². The van der Waals surface area contributed by atoms with Crippen LogP contribution in [0.3, 0.4) is 0 Å². The summed E-state index contributed by atoms with van der Waals surface area (Å²) in [6.07, 6.45) is 7.53. The first-order valence-electron chi connectivity index (χ1n) is 11.7. The molecule has 34 heavy (non-hydrogen) atoms. The Balaban J connectivity index is 0.000000181. The van der Waals surface area contributed by atoms with E-state index in [2.05, 4.69) is 66.5 Å². The second-order valence-corrected chi connectivity index (χ2v) is 8.98. The molecule has 0 spiro atoms. The third kappa shape index (κ3) is 7.24. The van der Waals surface area contributed by atoms with Gasteiger partial charge in [0.1, 0.15) is 0 Å². The van der Waals surface area contributed by atoms with E-state index in [0.29, 0.717) is 0 Å². The van der Waals surface area contributed by atoms with Gasteiger partial charge >= 0.3 is 25.8 Å². The summed E-state index contributed by atoms with van der Waals surface area (Å²) in [4.78, 5) is 4.12. The van der Waals surface area contributed by atoms with Gasteiger partial charge in [-0.3, -0.25) is 0 Å². The van der Waals surface area contributed by atoms with Gasteiger partial charge in [-0.25, -0.2) is 12.0 Å². The normalized spacial score (nSPS) is 12.9. The summed E-state index contributed by atoms with van der Waals surface area (Å²) in [5, 5.41) is 0. The molecule has 0 aromatic heterocycles. The second kappa shape index (κ2) is 13.4. The number of fused-ring (bicyclic) bond motifs is 2. The van der Waals surface area contributed by atoms with Crippen molar-refractivity contribution >= 4 is 16.9 Å². The molecule has 2 aliphatic rings. The van der Waals surface area contributed by atoms with Gasteiger partial charge in [-0.2, -0.15) is 42.7 Å². The fourth-order valence-corrected chi connectivity index (χ4v) is 4.39. The van der Waals surface area contributed by atoms with Crippen molar-refractivity contribution in [2.24, 2.45) is 0 Å². The van der Waals surface area contributed by atoms with Crippen LogP contribution in [-0.2, 0) is 32.3 Å². The monoisotopic (exact) mass is 482 g/mol. The van der Waals surface area contributed by atoms with E-state index in [0.717, 1.165) is 11.1 Å². The molecule has 3 heteroatoms. The van der Waals surface area contributed by atoms with Crippen molar-refractivity contribution in [2.45, 2.75) is 25.7 Å². The van der Waals surface area contributed by atoms with Gasteiger partial charge in [0.05, 0.1) is 0 Å². The van der Waals surface area contributed by atoms with Crippen LogP contribution in [0.15, 0.2) is 78.4 Å². The number of hydrogen-bond donors (Lipinski definition) is 0. The molecule has 0 saturated heterocycles. The summed E-state index contributed by atoms with van der Waals surface area (Å²) < 4.78 is 0. The van der Waals surface area contributed by atoms with E-state index in [1.54, 1.807) is 11.1 Å². The van der Waals surface area contributed by atoms with Crippen molar-refractivity contribution in [3.8, 4) is 0 Å². The molecule has 0 atom stereocenters. The molecular weight excluding hydrogens is 445 g/mol. The average Bonchev–Trinajstić information content (AvgIpc) is 3.19. The molecule has 0 unspecified atom stereocenters. The van der Waals surface area contributed by atoms with Gasteiger partial charge in [-0.05, 0) is 34.6 Å². The first-order valence-corrected chi connectivity index (χ1v) is 11.7. The first-order chi connectivity index (χ1) is 15.9. The Hall–Kier alpha value is -2.52. The van der Waals surface area contributed by atoms with Crippen molar-refractivity contribution < 1.29 is 25.8 Å². The van der Waals surface area contributed by atoms with Gasteiger partial charge in [0.2, 0.25) is 0 Å². The van der Waals surface area contributed by atoms with Crippen molar-refractivity contribution in [1.29, 1.82) is 0 Å². The number of hydrogen-bond acceptors (Lipinski definition) is 2. The molecule has 0 radical (unpaired) electrons. The van der Waals surface area contributed by atoms with Crippen LogP contribution in [-0.4, -0.2) is 28.2 Å². The Morgan fingerprint density at radius 2 is 1.21 bits per heavy atom. The van der Waals surface area contributed by atoms with Crippen LogP contribution < -0.4 is 9.80 Å². The van der Waals surface area contributed by atoms with E-state index in [4.69, 9.17) is 0 Å². The number of benzene rings is 3. The fourth-order valence-electron chi connectivity index (χ4n) is 4.39. The van der Waals surface area contributed by atoms with Crippen molar-refractivity contribution in [3.05, 3.63) is 121 Å². The summed E-state index contributed by atoms with van der Waals surface area (Å²) in [5.74, 6) is 0. The number of para-hydroxylation sites is 2. The van der Waals surface area contributed by atoms with Gasteiger partial charge in [0.25, 0.3) is 0 Å². The molecule has 0 heterocycles. The van der Waals surface area contributed by atoms with Gasteiger partial charge in [0, 0.05) is 0 Å². The quantitative estimate of drug-likeness (QED) is 0.355. The number of nitrogens with zero attached hydrogens (tertiary/aromatic N) is 2. The first kappa shape index (κ1) is 27.7. The summed E-state index contributed by atoms with van der Waals surface area (Å²) in [6, 6.07) is 25.0. The van der Waals surface area contributed by atoms with Crippen LogP contribution in [0.1, 0.15) is 41.5 Å². The van der Waals surface area contributed by atoms with E-state index in [1.807, 2.05) is 64.6 Å². The fraction of sp³-hybridized carbons (Fsp3) is 0.258. The number of rotatable bonds is 2. The van der Waals surface area contributed by atoms with E-state index < -0.39 is 0 Å². The molecule has 0 N–H and O–H groups in total. The van der Waals surface area contributed by atoms with Crippen molar-refractivity contribution in [3.63, 3.8) is 0 Å². The molecule has 174 valence electrons. The third-order valence-corrected chi connectivity index (χ3v) is 6.08. The Kier molecular flexibility index (Phi) is 10.9. The van der Waals surface area contributed by atoms with Gasteiger partial charge in [0.15, 0.2) is 0 Å². The minimum Gasteiger partial charge on any atom is -0.428 e. The van der Waals surface area contributed by atoms with E-state index in [-0.39, 0.29) is 25.8 Å². The summed E-state index contributed by atoms with van der Waals surface area (Å²) in [6.45, 7) is 7.80. The minimum atomic E-state index is 0. The standard InChI is InChI=1S/C13H13.2C9H12N.Sc/c1-3-7-12-10(5-1)9-11-6-2-4-8-13(11)12;2*1-8-6-4-5-7-9(8)10(2)3;/h1,3,5-7H,2,4,8-9H2;2*4-7H,1H2,2-3H3;/q3*-1;+3. The van der Waals surface area contributed by atoms with E-state index in [1.165, 1.54) is 48.2 Å². The maximum atomic E-state index is 3.90. The maximum Gasteiger partial charge on any atom is 3.00 e. The summed E-state index contributed by atoms with van der Waals surface area (Å²) in [5.41, 5.74) is 10.8. The molecule has 0 saturated carbocycles. The van der Waals surface area contributed by atoms with Crippen LogP contribution >= 0.6 is 0 Å². The molecule has 0 bridgehead atoms. The van der Waals surface area contributed by atoms with E-state index in [9.17, 15) is 0 Å². The summed E-state index contributed by atoms with van der Waals surface area (Å²) in [7, 11) is 8.07. The zero-order valence-electron chi connectivity index (χ0n) is 21.2. The zero-order chi connectivity index (χ0) is 23.8. The molecule has 0 aliphatic heterocycles. The molecular formula is C31H37N2Sc. The third-order valence-electron chi connectivity index (χ3n) is 6.08. The molecule has 0 fully saturated rings. The Morgan fingerprint density at radius 1 is 0.706 bits per heavy atom. The minimum absolute atomic E-state index is 0. The zero-order valence-corrected chi connectivity index (χ0v) is 23.0. The second-order valence-electron chi connectivity index (χ2n) is 8.98. The smallest absolute Gasteiger partial charge is 0.428 e. The van der Waals surface area contributed by atoms with Crippen LogP contribution in [0.4, 0.5) is 11.4 Å². The number of anilines is 2. The van der Waals surface area contributed by atoms with Crippen LogP contribution in [0.25, 0.3) is 5.57 Å². The van der Waals surface area contributed by atoms with Crippen LogP contribution in [0, 0.1) is 20.3 Å². The van der Waals surface area contributed by atoms with E-state index >= 15 is 0 Å². The number of allylic oxidation sites excluding steroid dienone is 2. The van der Waals surface area contributed by atoms with Crippen molar-refractivity contribution in [1.82, 2.24) is 0 Å². The van der Waals surface area contributed by atoms with Gasteiger partial charge in [-0.1, -0.05) is 78.3 Å². The predicted molar refractivity (Wildman–Crippen MR) is 146 cm³/mol. The predicted octanol–water partition coefficient (Wildman–Crippen LogP) is 7.25. The Labute approximate surface area is 226 Å². The summed E-state index contributed by atoms with van der Waals surface area (Å²) >= 11 is 0. The molecule has 3 aromatic rings. The topological polar surface area (TPSA) is 6.48 Å². The molecule has 2 aliphatic carbocycles.